The SMILES string of the molecule is CC(C)(C)OC(=O)c1ccc([S+](c2ccccc2)c2ccccc2)cc1.O=S(=O)([O-])C(F)(F)C(F)C(F)(F)F. The lowest BCUT2D eigenvalue weighted by atomic mass is 10.2. The van der Waals surface area contributed by atoms with Crippen LogP contribution < -0.4 is 0 Å². The van der Waals surface area contributed by atoms with E-state index in [0.29, 0.717) is 5.56 Å². The van der Waals surface area contributed by atoms with Crippen molar-refractivity contribution in [2.45, 2.75) is 58.7 Å². The van der Waals surface area contributed by atoms with Gasteiger partial charge in [0, 0.05) is 0 Å². The van der Waals surface area contributed by atoms with Gasteiger partial charge in [-0.2, -0.15) is 22.0 Å². The van der Waals surface area contributed by atoms with Crippen molar-refractivity contribution in [1.82, 2.24) is 0 Å². The van der Waals surface area contributed by atoms with Gasteiger partial charge in [0.25, 0.3) is 6.17 Å². The number of rotatable bonds is 6. The standard InChI is InChI=1S/C23H23O2S.C3H2F6O3S/c1-23(2,3)25-22(24)18-14-16-21(17-15-18)26(19-10-6-4-7-11-19)20-12-8-5-9-13-20;4-1(2(5,6)7)3(8,9)13(10,11)12/h4-17H,1-3H3;1H,(H,10,11,12)/q+1;/p-1. The summed E-state index contributed by atoms with van der Waals surface area (Å²) in [7, 11) is -6.87. The van der Waals surface area contributed by atoms with E-state index in [-0.39, 0.29) is 16.9 Å². The summed E-state index contributed by atoms with van der Waals surface area (Å²) in [4.78, 5) is 15.9. The second-order valence-electron chi connectivity index (χ2n) is 8.88. The van der Waals surface area contributed by atoms with E-state index in [4.69, 9.17) is 4.74 Å². The van der Waals surface area contributed by atoms with Crippen LogP contribution in [0.5, 0.6) is 0 Å². The van der Waals surface area contributed by atoms with Gasteiger partial charge in [0.2, 0.25) is 0 Å². The molecule has 3 aromatic carbocycles. The number of carbonyl (C=O) groups is 1. The van der Waals surface area contributed by atoms with Crippen LogP contribution in [0.3, 0.4) is 0 Å². The maximum absolute atomic E-state index is 12.3. The predicted octanol–water partition coefficient (Wildman–Crippen LogP) is 6.76. The molecule has 0 aliphatic carbocycles. The fourth-order valence-electron chi connectivity index (χ4n) is 2.90. The van der Waals surface area contributed by atoms with Crippen molar-refractivity contribution in [3.63, 3.8) is 0 Å². The van der Waals surface area contributed by atoms with Crippen LogP contribution in [0.15, 0.2) is 99.6 Å². The third-order valence-corrected chi connectivity index (χ3v) is 7.70. The summed E-state index contributed by atoms with van der Waals surface area (Å²) in [5, 5.41) is -5.99. The summed E-state index contributed by atoms with van der Waals surface area (Å²) in [6, 6.07) is 28.7. The number of carbonyl (C=O) groups excluding carboxylic acids is 1. The van der Waals surface area contributed by atoms with Gasteiger partial charge in [0.05, 0.1) is 16.5 Å². The molecule has 212 valence electrons. The van der Waals surface area contributed by atoms with Crippen LogP contribution in [0.4, 0.5) is 26.3 Å². The van der Waals surface area contributed by atoms with E-state index in [1.54, 1.807) is 0 Å². The Morgan fingerprint density at radius 2 is 1.15 bits per heavy atom. The van der Waals surface area contributed by atoms with E-state index >= 15 is 0 Å². The van der Waals surface area contributed by atoms with Gasteiger partial charge in [0.1, 0.15) is 5.60 Å². The highest BCUT2D eigenvalue weighted by atomic mass is 32.2. The van der Waals surface area contributed by atoms with Gasteiger partial charge < -0.3 is 9.29 Å². The number of hydrogen-bond donors (Lipinski definition) is 0. The highest BCUT2D eigenvalue weighted by Crippen LogP contribution is 2.37. The fourth-order valence-corrected chi connectivity index (χ4v) is 5.37. The Morgan fingerprint density at radius 3 is 1.46 bits per heavy atom. The Kier molecular flexibility index (Phi) is 10.3. The molecule has 39 heavy (non-hydrogen) atoms. The summed E-state index contributed by atoms with van der Waals surface area (Å²) >= 11 is 0. The maximum atomic E-state index is 12.3. The zero-order valence-corrected chi connectivity index (χ0v) is 22.4. The van der Waals surface area contributed by atoms with Crippen LogP contribution in [-0.4, -0.2) is 42.1 Å². The molecule has 5 nitrogen and oxygen atoms in total. The molecule has 0 spiro atoms. The Labute approximate surface area is 224 Å². The van der Waals surface area contributed by atoms with E-state index in [2.05, 4.69) is 48.5 Å². The highest BCUT2D eigenvalue weighted by Gasteiger charge is 2.61. The van der Waals surface area contributed by atoms with Crippen LogP contribution in [0.2, 0.25) is 0 Å². The summed E-state index contributed by atoms with van der Waals surface area (Å²) in [6.07, 6.45) is -11.1. The van der Waals surface area contributed by atoms with Crippen molar-refractivity contribution in [3.05, 3.63) is 90.5 Å². The second kappa shape index (κ2) is 12.4. The number of halogens is 6. The lowest BCUT2D eigenvalue weighted by Gasteiger charge is -2.24. The molecule has 0 bridgehead atoms. The number of esters is 1. The van der Waals surface area contributed by atoms with Gasteiger partial charge in [-0.3, -0.25) is 0 Å². The van der Waals surface area contributed by atoms with Crippen molar-refractivity contribution in [2.75, 3.05) is 0 Å². The third kappa shape index (κ3) is 9.01. The van der Waals surface area contributed by atoms with Gasteiger partial charge >= 0.3 is 17.4 Å². The largest absolute Gasteiger partial charge is 0.743 e. The Hall–Kier alpha value is -3.03. The Balaban J connectivity index is 0.000000349. The van der Waals surface area contributed by atoms with Gasteiger partial charge in [-0.15, -0.1) is 0 Å². The molecular weight excluding hydrogens is 570 g/mol. The van der Waals surface area contributed by atoms with E-state index in [0.717, 1.165) is 0 Å². The third-order valence-electron chi connectivity index (χ3n) is 4.60. The molecule has 3 rings (SSSR count). The predicted molar refractivity (Wildman–Crippen MR) is 132 cm³/mol. The van der Waals surface area contributed by atoms with E-state index < -0.39 is 33.3 Å². The number of ether oxygens (including phenoxy) is 1. The zero-order chi connectivity index (χ0) is 29.6. The molecule has 0 fully saturated rings. The molecule has 0 amide bonds. The first-order valence-electron chi connectivity index (χ1n) is 11.1. The van der Waals surface area contributed by atoms with Gasteiger partial charge in [-0.1, -0.05) is 36.4 Å². The van der Waals surface area contributed by atoms with Crippen LogP contribution >= 0.6 is 0 Å². The smallest absolute Gasteiger partial charge is 0.426 e. The normalized spacial score (nSPS) is 13.3. The molecule has 0 radical (unpaired) electrons. The molecular formula is C26H24F6O5S2. The molecule has 0 saturated heterocycles. The Bertz CT molecular complexity index is 1290. The van der Waals surface area contributed by atoms with E-state index in [9.17, 15) is 44.1 Å². The first-order valence-corrected chi connectivity index (χ1v) is 13.7. The van der Waals surface area contributed by atoms with E-state index in [1.807, 2.05) is 57.2 Å². The molecule has 1 atom stereocenters. The first kappa shape index (κ1) is 32.2. The minimum absolute atomic E-state index is 0.207. The number of hydrogen-bond acceptors (Lipinski definition) is 5. The van der Waals surface area contributed by atoms with Gasteiger partial charge in [-0.25, -0.2) is 17.6 Å². The van der Waals surface area contributed by atoms with Crippen LogP contribution in [-0.2, 0) is 25.7 Å². The second-order valence-corrected chi connectivity index (χ2v) is 12.4. The van der Waals surface area contributed by atoms with Crippen molar-refractivity contribution in [1.29, 1.82) is 0 Å². The van der Waals surface area contributed by atoms with Crippen molar-refractivity contribution >= 4 is 27.0 Å². The molecule has 3 aromatic rings. The van der Waals surface area contributed by atoms with Crippen LogP contribution in [0, 0.1) is 0 Å². The quantitative estimate of drug-likeness (QED) is 0.136. The number of alkyl halides is 6. The topological polar surface area (TPSA) is 83.5 Å². The lowest BCUT2D eigenvalue weighted by Crippen LogP contribution is -2.46. The number of benzene rings is 3. The lowest BCUT2D eigenvalue weighted by molar-refractivity contribution is -0.223. The molecule has 0 aliphatic rings. The molecule has 0 aliphatic heterocycles. The molecule has 0 aromatic heterocycles. The molecule has 13 heteroatoms. The van der Waals surface area contributed by atoms with Crippen LogP contribution in [0.1, 0.15) is 31.1 Å². The van der Waals surface area contributed by atoms with E-state index in [1.165, 1.54) is 14.7 Å². The van der Waals surface area contributed by atoms with Gasteiger partial charge in [0.15, 0.2) is 24.8 Å². The average molecular weight is 595 g/mol. The van der Waals surface area contributed by atoms with Crippen molar-refractivity contribution < 1.29 is 48.8 Å². The van der Waals surface area contributed by atoms with Crippen molar-refractivity contribution in [3.8, 4) is 0 Å². The van der Waals surface area contributed by atoms with Crippen molar-refractivity contribution in [2.24, 2.45) is 0 Å². The maximum Gasteiger partial charge on any atom is 0.426 e. The minimum Gasteiger partial charge on any atom is -0.743 e. The minimum atomic E-state index is -6.66. The molecule has 1 unspecified atom stereocenters. The molecule has 0 N–H and O–H groups in total. The molecule has 0 saturated carbocycles. The Morgan fingerprint density at radius 1 is 0.769 bits per heavy atom. The summed E-state index contributed by atoms with van der Waals surface area (Å²) in [5.41, 5.74) is 0.0852. The average Bonchev–Trinajstić information content (AvgIpc) is 2.83. The summed E-state index contributed by atoms with van der Waals surface area (Å²) in [6.45, 7) is 5.63. The van der Waals surface area contributed by atoms with Crippen LogP contribution in [0.25, 0.3) is 0 Å². The monoisotopic (exact) mass is 594 g/mol. The molecule has 0 heterocycles. The first-order chi connectivity index (χ1) is 17.8. The van der Waals surface area contributed by atoms with Gasteiger partial charge in [-0.05, 0) is 69.3 Å². The zero-order valence-electron chi connectivity index (χ0n) is 20.8. The highest BCUT2D eigenvalue weighted by molar-refractivity contribution is 7.97. The fraction of sp³-hybridized carbons (Fsp3) is 0.269. The summed E-state index contributed by atoms with van der Waals surface area (Å²) < 4.78 is 103. The summed E-state index contributed by atoms with van der Waals surface area (Å²) in [5.74, 6) is -0.289.